The fourth-order valence-corrected chi connectivity index (χ4v) is 4.67. The Labute approximate surface area is 220 Å². The number of nitrogens with zero attached hydrogens (tertiary/aromatic N) is 5. The molecule has 2 aliphatic rings. The monoisotopic (exact) mass is 514 g/mol. The van der Waals surface area contributed by atoms with Crippen LogP contribution in [-0.4, -0.2) is 59.4 Å². The number of piperidine rings is 1. The molecule has 1 aliphatic carbocycles. The van der Waals surface area contributed by atoms with E-state index in [4.69, 9.17) is 19.0 Å². The van der Waals surface area contributed by atoms with Gasteiger partial charge in [-0.2, -0.15) is 4.98 Å². The summed E-state index contributed by atoms with van der Waals surface area (Å²) in [7, 11) is 1.60. The Morgan fingerprint density at radius 2 is 1.89 bits per heavy atom. The van der Waals surface area contributed by atoms with E-state index >= 15 is 0 Å². The quantitative estimate of drug-likeness (QED) is 0.352. The number of hydrogen-bond donors (Lipinski definition) is 1. The fraction of sp³-hybridized carbons (Fsp3) is 0.393. The Kier molecular flexibility index (Phi) is 6.76. The van der Waals surface area contributed by atoms with Gasteiger partial charge in [0.25, 0.3) is 5.91 Å². The minimum Gasteiger partial charge on any atom is -0.497 e. The number of hydrogen-bond acceptors (Lipinski definition) is 9. The molecule has 1 saturated carbocycles. The smallest absolute Gasteiger partial charge is 0.251 e. The van der Waals surface area contributed by atoms with Gasteiger partial charge in [0, 0.05) is 42.2 Å². The van der Waals surface area contributed by atoms with E-state index in [1.54, 1.807) is 31.8 Å². The summed E-state index contributed by atoms with van der Waals surface area (Å²) in [6.45, 7) is 2.93. The Morgan fingerprint density at radius 1 is 1.05 bits per heavy atom. The molecule has 10 nitrogen and oxygen atoms in total. The Morgan fingerprint density at radius 3 is 2.71 bits per heavy atom. The van der Waals surface area contributed by atoms with Crippen LogP contribution < -0.4 is 19.7 Å². The zero-order valence-electron chi connectivity index (χ0n) is 21.3. The third-order valence-corrected chi connectivity index (χ3v) is 7.18. The summed E-state index contributed by atoms with van der Waals surface area (Å²) in [6.07, 6.45) is 7.53. The third kappa shape index (κ3) is 5.53. The average molecular weight is 515 g/mol. The molecule has 0 radical (unpaired) electrons. The molecule has 1 aliphatic heterocycles. The Balaban J connectivity index is 1.03. The van der Waals surface area contributed by atoms with Crippen molar-refractivity contribution >= 4 is 22.8 Å². The van der Waals surface area contributed by atoms with Crippen molar-refractivity contribution in [2.45, 2.75) is 25.7 Å². The van der Waals surface area contributed by atoms with Crippen molar-refractivity contribution in [3.05, 3.63) is 54.5 Å². The number of aromatic nitrogens is 4. The van der Waals surface area contributed by atoms with Crippen molar-refractivity contribution in [2.75, 3.05) is 38.3 Å². The maximum atomic E-state index is 12.9. The summed E-state index contributed by atoms with van der Waals surface area (Å²) < 4.78 is 16.4. The number of benzene rings is 2. The molecule has 4 aromatic rings. The molecule has 6 rings (SSSR count). The van der Waals surface area contributed by atoms with Crippen LogP contribution in [-0.2, 0) is 0 Å². The zero-order chi connectivity index (χ0) is 25.9. The van der Waals surface area contributed by atoms with Crippen LogP contribution in [0.5, 0.6) is 11.5 Å². The second-order valence-electron chi connectivity index (χ2n) is 9.98. The lowest BCUT2D eigenvalue weighted by Crippen LogP contribution is -2.39. The molecule has 38 heavy (non-hydrogen) atoms. The second kappa shape index (κ2) is 10.6. The Hall–Kier alpha value is -4.21. The number of anilines is 1. The van der Waals surface area contributed by atoms with E-state index < -0.39 is 0 Å². The molecule has 196 valence electrons. The van der Waals surface area contributed by atoms with E-state index in [2.05, 4.69) is 25.3 Å². The molecular weight excluding hydrogens is 484 g/mol. The van der Waals surface area contributed by atoms with Crippen molar-refractivity contribution < 1.29 is 18.8 Å². The highest BCUT2D eigenvalue weighted by Gasteiger charge is 2.24. The minimum atomic E-state index is -0.116. The standard InChI is InChI=1S/C28H30N6O4/c1-36-23-11-21(12-24(13-23)37-16-19-2-3-19)27(35)29-14-18-6-8-34(9-7-18)28-31-17-30-26(33-28)20-4-5-25-22(10-20)15-32-38-25/h4-5,10-13,15,17-19H,2-3,6-9,14,16H2,1H3,(H,29,35). The topological polar surface area (TPSA) is 116 Å². The van der Waals surface area contributed by atoms with Gasteiger partial charge in [-0.05, 0) is 67.9 Å². The van der Waals surface area contributed by atoms with Gasteiger partial charge in [-0.15, -0.1) is 0 Å². The summed E-state index contributed by atoms with van der Waals surface area (Å²) in [4.78, 5) is 28.6. The molecule has 0 unspecified atom stereocenters. The van der Waals surface area contributed by atoms with Crippen LogP contribution in [0.3, 0.4) is 0 Å². The van der Waals surface area contributed by atoms with Crippen LogP contribution in [0.1, 0.15) is 36.0 Å². The average Bonchev–Trinajstić information content (AvgIpc) is 3.69. The molecule has 0 spiro atoms. The van der Waals surface area contributed by atoms with Gasteiger partial charge < -0.3 is 24.2 Å². The third-order valence-electron chi connectivity index (χ3n) is 7.18. The first-order valence-corrected chi connectivity index (χ1v) is 13.0. The van der Waals surface area contributed by atoms with Crippen molar-refractivity contribution in [1.82, 2.24) is 25.4 Å². The molecule has 2 aromatic carbocycles. The lowest BCUT2D eigenvalue weighted by molar-refractivity contribution is 0.0944. The van der Waals surface area contributed by atoms with Gasteiger partial charge in [-0.1, -0.05) is 5.16 Å². The molecule has 10 heteroatoms. The molecule has 0 bridgehead atoms. The van der Waals surface area contributed by atoms with E-state index in [0.717, 1.165) is 42.5 Å². The highest BCUT2D eigenvalue weighted by Crippen LogP contribution is 2.31. The van der Waals surface area contributed by atoms with E-state index in [9.17, 15) is 4.79 Å². The van der Waals surface area contributed by atoms with Gasteiger partial charge in [0.15, 0.2) is 11.4 Å². The maximum absolute atomic E-state index is 12.9. The molecular formula is C28H30N6O4. The van der Waals surface area contributed by atoms with E-state index in [1.165, 1.54) is 12.8 Å². The molecule has 2 fully saturated rings. The minimum absolute atomic E-state index is 0.116. The normalized spacial score (nSPS) is 16.0. The lowest BCUT2D eigenvalue weighted by Gasteiger charge is -2.32. The van der Waals surface area contributed by atoms with E-state index in [-0.39, 0.29) is 5.91 Å². The van der Waals surface area contributed by atoms with Gasteiger partial charge in [0.1, 0.15) is 17.8 Å². The van der Waals surface area contributed by atoms with Gasteiger partial charge in [0.05, 0.1) is 19.9 Å². The first kappa shape index (κ1) is 24.1. The van der Waals surface area contributed by atoms with Crippen molar-refractivity contribution in [3.63, 3.8) is 0 Å². The molecule has 2 aromatic heterocycles. The summed E-state index contributed by atoms with van der Waals surface area (Å²) in [5.41, 5.74) is 2.17. The summed E-state index contributed by atoms with van der Waals surface area (Å²) in [5, 5.41) is 7.84. The number of nitrogens with one attached hydrogen (secondary N) is 1. The molecule has 3 heterocycles. The first-order chi connectivity index (χ1) is 18.6. The number of ether oxygens (including phenoxy) is 2. The lowest BCUT2D eigenvalue weighted by atomic mass is 9.97. The summed E-state index contributed by atoms with van der Waals surface area (Å²) in [6, 6.07) is 11.1. The van der Waals surface area contributed by atoms with Gasteiger partial charge in [-0.25, -0.2) is 9.97 Å². The number of rotatable bonds is 9. The Bertz CT molecular complexity index is 1430. The number of fused-ring (bicyclic) bond motifs is 1. The van der Waals surface area contributed by atoms with Gasteiger partial charge >= 0.3 is 0 Å². The predicted molar refractivity (Wildman–Crippen MR) is 141 cm³/mol. The van der Waals surface area contributed by atoms with Crippen LogP contribution in [0, 0.1) is 11.8 Å². The van der Waals surface area contributed by atoms with Gasteiger partial charge in [0.2, 0.25) is 5.95 Å². The van der Waals surface area contributed by atoms with Crippen LogP contribution in [0.2, 0.25) is 0 Å². The van der Waals surface area contributed by atoms with Crippen LogP contribution >= 0.6 is 0 Å². The molecule has 1 saturated heterocycles. The SMILES string of the molecule is COc1cc(OCC2CC2)cc(C(=O)NCC2CCN(c3ncnc(-c4ccc5oncc5c4)n3)CC2)c1. The van der Waals surface area contributed by atoms with Crippen LogP contribution in [0.4, 0.5) is 5.95 Å². The van der Waals surface area contributed by atoms with E-state index in [1.807, 2.05) is 24.3 Å². The fourth-order valence-electron chi connectivity index (χ4n) is 4.67. The van der Waals surface area contributed by atoms with Gasteiger partial charge in [-0.3, -0.25) is 4.79 Å². The molecule has 1 N–H and O–H groups in total. The van der Waals surface area contributed by atoms with Crippen LogP contribution in [0.25, 0.3) is 22.4 Å². The van der Waals surface area contributed by atoms with Crippen molar-refractivity contribution in [2.24, 2.45) is 11.8 Å². The van der Waals surface area contributed by atoms with Crippen LogP contribution in [0.15, 0.2) is 53.4 Å². The highest BCUT2D eigenvalue weighted by molar-refractivity contribution is 5.95. The van der Waals surface area contributed by atoms with Crippen molar-refractivity contribution in [3.8, 4) is 22.9 Å². The first-order valence-electron chi connectivity index (χ1n) is 13.0. The largest absolute Gasteiger partial charge is 0.497 e. The highest BCUT2D eigenvalue weighted by atomic mass is 16.5. The van der Waals surface area contributed by atoms with E-state index in [0.29, 0.717) is 53.8 Å². The summed E-state index contributed by atoms with van der Waals surface area (Å²) >= 11 is 0. The van der Waals surface area contributed by atoms with Crippen molar-refractivity contribution in [1.29, 1.82) is 0 Å². The number of amides is 1. The number of methoxy groups -OCH3 is 1. The molecule has 1 amide bonds. The second-order valence-corrected chi connectivity index (χ2v) is 9.98. The maximum Gasteiger partial charge on any atom is 0.251 e. The predicted octanol–water partition coefficient (Wildman–Crippen LogP) is 4.12. The number of carbonyl (C=O) groups is 1. The molecule has 0 atom stereocenters. The summed E-state index contributed by atoms with van der Waals surface area (Å²) in [5.74, 6) is 3.47. The number of carbonyl (C=O) groups excluding carboxylic acids is 1. The zero-order valence-corrected chi connectivity index (χ0v) is 21.3.